The molecule has 1 aromatic heterocycles. The van der Waals surface area contributed by atoms with Gasteiger partial charge in [-0.25, -0.2) is 0 Å². The van der Waals surface area contributed by atoms with Crippen molar-refractivity contribution in [3.05, 3.63) is 21.9 Å². The van der Waals surface area contributed by atoms with Gasteiger partial charge in [0.15, 0.2) is 0 Å². The molecule has 0 aliphatic carbocycles. The van der Waals surface area contributed by atoms with E-state index in [0.29, 0.717) is 18.9 Å². The highest BCUT2D eigenvalue weighted by molar-refractivity contribution is 8.00. The summed E-state index contributed by atoms with van der Waals surface area (Å²) in [6.45, 7) is 3.39. The van der Waals surface area contributed by atoms with Gasteiger partial charge in [0.1, 0.15) is 5.37 Å². The van der Waals surface area contributed by atoms with Crippen LogP contribution in [0.15, 0.2) is 11.4 Å². The van der Waals surface area contributed by atoms with Crippen LogP contribution in [0.25, 0.3) is 0 Å². The van der Waals surface area contributed by atoms with Crippen LogP contribution in [0.3, 0.4) is 0 Å². The number of ether oxygens (including phenoxy) is 1. The second kappa shape index (κ2) is 5.21. The van der Waals surface area contributed by atoms with Crippen LogP contribution >= 0.6 is 23.1 Å². The first-order valence-electron chi connectivity index (χ1n) is 5.18. The summed E-state index contributed by atoms with van der Waals surface area (Å²) >= 11 is 3.44. The van der Waals surface area contributed by atoms with Crippen LogP contribution < -0.4 is 0 Å². The van der Waals surface area contributed by atoms with Crippen molar-refractivity contribution >= 4 is 29.0 Å². The van der Waals surface area contributed by atoms with Gasteiger partial charge in [-0.05, 0) is 23.9 Å². The highest BCUT2D eigenvalue weighted by atomic mass is 32.2. The van der Waals surface area contributed by atoms with Gasteiger partial charge in [-0.2, -0.15) is 0 Å². The molecule has 2 heterocycles. The Balaban J connectivity index is 2.14. The average molecular weight is 257 g/mol. The van der Waals surface area contributed by atoms with Crippen molar-refractivity contribution in [1.29, 1.82) is 0 Å². The van der Waals surface area contributed by atoms with Gasteiger partial charge >= 0.3 is 0 Å². The summed E-state index contributed by atoms with van der Waals surface area (Å²) in [6, 6.07) is 2.11. The summed E-state index contributed by atoms with van der Waals surface area (Å²) in [4.78, 5) is 15.0. The minimum atomic E-state index is 0.197. The monoisotopic (exact) mass is 257 g/mol. The van der Waals surface area contributed by atoms with Crippen molar-refractivity contribution in [2.24, 2.45) is 0 Å². The summed E-state index contributed by atoms with van der Waals surface area (Å²) in [5.74, 6) is 0.811. The molecule has 1 fully saturated rings. The van der Waals surface area contributed by atoms with E-state index >= 15 is 0 Å². The van der Waals surface area contributed by atoms with Crippen molar-refractivity contribution in [2.45, 2.75) is 12.3 Å². The van der Waals surface area contributed by atoms with Crippen molar-refractivity contribution in [2.75, 3.05) is 26.0 Å². The fraction of sp³-hybridized carbons (Fsp3) is 0.545. The molecule has 1 amide bonds. The molecule has 0 saturated carbocycles. The van der Waals surface area contributed by atoms with E-state index in [9.17, 15) is 4.79 Å². The molecule has 5 heteroatoms. The number of carbonyl (C=O) groups is 1. The Bertz CT molecular complexity index is 378. The molecule has 1 unspecified atom stereocenters. The van der Waals surface area contributed by atoms with Gasteiger partial charge in [-0.15, -0.1) is 23.1 Å². The van der Waals surface area contributed by atoms with E-state index < -0.39 is 0 Å². The predicted molar refractivity (Wildman–Crippen MR) is 67.8 cm³/mol. The molecule has 1 aliphatic rings. The molecule has 1 aliphatic heterocycles. The Kier molecular flexibility index (Phi) is 3.89. The van der Waals surface area contributed by atoms with Gasteiger partial charge in [-0.3, -0.25) is 4.79 Å². The summed E-state index contributed by atoms with van der Waals surface area (Å²) in [6.07, 6.45) is 0. The zero-order valence-corrected chi connectivity index (χ0v) is 11.1. The van der Waals surface area contributed by atoms with Gasteiger partial charge < -0.3 is 9.64 Å². The quantitative estimate of drug-likeness (QED) is 0.829. The molecule has 16 heavy (non-hydrogen) atoms. The SMILES string of the molecule is COCCN1C(=O)CSC1c1sccc1C. The molecule has 0 N–H and O–H groups in total. The zero-order chi connectivity index (χ0) is 11.5. The number of nitrogens with zero attached hydrogens (tertiary/aromatic N) is 1. The minimum absolute atomic E-state index is 0.197. The second-order valence-electron chi connectivity index (χ2n) is 3.71. The van der Waals surface area contributed by atoms with Crippen molar-refractivity contribution in [1.82, 2.24) is 4.90 Å². The van der Waals surface area contributed by atoms with E-state index in [4.69, 9.17) is 4.74 Å². The Labute approximate surface area is 104 Å². The van der Waals surface area contributed by atoms with Crippen LogP contribution in [0, 0.1) is 6.92 Å². The number of thiophene rings is 1. The van der Waals surface area contributed by atoms with Gasteiger partial charge in [0, 0.05) is 18.5 Å². The molecule has 1 saturated heterocycles. The topological polar surface area (TPSA) is 29.5 Å². The van der Waals surface area contributed by atoms with Crippen LogP contribution in [-0.4, -0.2) is 36.8 Å². The number of rotatable bonds is 4. The molecular weight excluding hydrogens is 242 g/mol. The van der Waals surface area contributed by atoms with Crippen molar-refractivity contribution < 1.29 is 9.53 Å². The molecule has 0 radical (unpaired) electrons. The summed E-state index contributed by atoms with van der Waals surface area (Å²) in [5.41, 5.74) is 1.28. The third kappa shape index (κ3) is 2.26. The smallest absolute Gasteiger partial charge is 0.233 e. The highest BCUT2D eigenvalue weighted by Crippen LogP contribution is 2.41. The average Bonchev–Trinajstić information content (AvgIpc) is 2.82. The zero-order valence-electron chi connectivity index (χ0n) is 9.43. The second-order valence-corrected chi connectivity index (χ2v) is 5.73. The first-order valence-corrected chi connectivity index (χ1v) is 7.11. The lowest BCUT2D eigenvalue weighted by atomic mass is 10.2. The normalized spacial score (nSPS) is 20.8. The minimum Gasteiger partial charge on any atom is -0.383 e. The first kappa shape index (κ1) is 12.0. The van der Waals surface area contributed by atoms with Gasteiger partial charge in [0.25, 0.3) is 0 Å². The number of carbonyl (C=O) groups excluding carboxylic acids is 1. The number of hydrogen-bond donors (Lipinski definition) is 0. The number of hydrogen-bond acceptors (Lipinski definition) is 4. The Morgan fingerprint density at radius 2 is 2.44 bits per heavy atom. The maximum absolute atomic E-state index is 11.8. The Hall–Kier alpha value is -0.520. The van der Waals surface area contributed by atoms with Gasteiger partial charge in [-0.1, -0.05) is 0 Å². The number of thioether (sulfide) groups is 1. The third-order valence-corrected chi connectivity index (χ3v) is 5.07. The van der Waals surface area contributed by atoms with Crippen LogP contribution in [-0.2, 0) is 9.53 Å². The maximum Gasteiger partial charge on any atom is 0.233 e. The lowest BCUT2D eigenvalue weighted by molar-refractivity contribution is -0.128. The van der Waals surface area contributed by atoms with Crippen LogP contribution in [0.4, 0.5) is 0 Å². The largest absolute Gasteiger partial charge is 0.383 e. The number of amides is 1. The molecule has 1 atom stereocenters. The van der Waals surface area contributed by atoms with E-state index in [-0.39, 0.29) is 11.3 Å². The molecule has 2 rings (SSSR count). The highest BCUT2D eigenvalue weighted by Gasteiger charge is 2.33. The molecular formula is C11H15NO2S2. The van der Waals surface area contributed by atoms with E-state index in [1.807, 2.05) is 4.90 Å². The van der Waals surface area contributed by atoms with Crippen LogP contribution in [0.5, 0.6) is 0 Å². The molecule has 88 valence electrons. The fourth-order valence-corrected chi connectivity index (χ4v) is 4.23. The number of methoxy groups -OCH3 is 1. The third-order valence-electron chi connectivity index (χ3n) is 2.63. The summed E-state index contributed by atoms with van der Waals surface area (Å²) in [5, 5.41) is 2.28. The maximum atomic E-state index is 11.8. The summed E-state index contributed by atoms with van der Waals surface area (Å²) in [7, 11) is 1.67. The number of aryl methyl sites for hydroxylation is 1. The molecule has 0 bridgehead atoms. The predicted octanol–water partition coefficient (Wildman–Crippen LogP) is 2.28. The van der Waals surface area contributed by atoms with Crippen molar-refractivity contribution in [3.63, 3.8) is 0 Å². The fourth-order valence-electron chi connectivity index (χ4n) is 1.74. The first-order chi connectivity index (χ1) is 7.74. The molecule has 1 aromatic rings. The van der Waals surface area contributed by atoms with Gasteiger partial charge in [0.05, 0.1) is 12.4 Å². The lowest BCUT2D eigenvalue weighted by Crippen LogP contribution is -2.31. The Morgan fingerprint density at radius 1 is 1.62 bits per heavy atom. The molecule has 3 nitrogen and oxygen atoms in total. The van der Waals surface area contributed by atoms with Crippen LogP contribution in [0.1, 0.15) is 15.8 Å². The van der Waals surface area contributed by atoms with Gasteiger partial charge in [0.2, 0.25) is 5.91 Å². The van der Waals surface area contributed by atoms with Crippen LogP contribution in [0.2, 0.25) is 0 Å². The summed E-state index contributed by atoms with van der Waals surface area (Å²) < 4.78 is 5.05. The van der Waals surface area contributed by atoms with E-state index in [2.05, 4.69) is 18.4 Å². The standard InChI is InChI=1S/C11H15NO2S2/c1-8-3-6-15-10(8)11-12(4-5-14-2)9(13)7-16-11/h3,6,11H,4-5,7H2,1-2H3. The van der Waals surface area contributed by atoms with E-state index in [0.717, 1.165) is 0 Å². The van der Waals surface area contributed by atoms with E-state index in [1.165, 1.54) is 10.4 Å². The Morgan fingerprint density at radius 3 is 3.06 bits per heavy atom. The lowest BCUT2D eigenvalue weighted by Gasteiger charge is -2.23. The van der Waals surface area contributed by atoms with E-state index in [1.54, 1.807) is 30.2 Å². The van der Waals surface area contributed by atoms with Crippen molar-refractivity contribution in [3.8, 4) is 0 Å². The molecule has 0 spiro atoms. The molecule has 0 aromatic carbocycles.